The quantitative estimate of drug-likeness (QED) is 0.920. The van der Waals surface area contributed by atoms with E-state index in [1.165, 1.54) is 11.9 Å². The molecule has 1 heterocycles. The van der Waals surface area contributed by atoms with Crippen LogP contribution in [0, 0.1) is 6.92 Å². The van der Waals surface area contributed by atoms with E-state index >= 15 is 0 Å². The molecule has 0 fully saturated rings. The SMILES string of the molecule is Cc1cccnc1NC(=O)CN(C)C(=O)OC(C)(C)C. The van der Waals surface area contributed by atoms with Crippen LogP contribution in [0.1, 0.15) is 26.3 Å². The minimum atomic E-state index is -0.584. The van der Waals surface area contributed by atoms with Gasteiger partial charge in [-0.3, -0.25) is 4.79 Å². The van der Waals surface area contributed by atoms with Crippen molar-refractivity contribution in [2.45, 2.75) is 33.3 Å². The molecule has 0 aliphatic heterocycles. The first-order valence-corrected chi connectivity index (χ1v) is 6.34. The van der Waals surface area contributed by atoms with Gasteiger partial charge in [-0.15, -0.1) is 0 Å². The van der Waals surface area contributed by atoms with Crippen LogP contribution < -0.4 is 5.32 Å². The van der Waals surface area contributed by atoms with Gasteiger partial charge in [-0.25, -0.2) is 9.78 Å². The fourth-order valence-electron chi connectivity index (χ4n) is 1.41. The molecule has 1 N–H and O–H groups in total. The van der Waals surface area contributed by atoms with Gasteiger partial charge in [0.1, 0.15) is 18.0 Å². The Bertz CT molecular complexity index is 495. The molecule has 20 heavy (non-hydrogen) atoms. The van der Waals surface area contributed by atoms with E-state index < -0.39 is 11.7 Å². The van der Waals surface area contributed by atoms with Crippen LogP contribution in [0.2, 0.25) is 0 Å². The molecule has 0 bridgehead atoms. The van der Waals surface area contributed by atoms with E-state index in [2.05, 4.69) is 10.3 Å². The summed E-state index contributed by atoms with van der Waals surface area (Å²) < 4.78 is 5.17. The fraction of sp³-hybridized carbons (Fsp3) is 0.500. The molecule has 0 aliphatic rings. The van der Waals surface area contributed by atoms with Crippen LogP contribution in [0.25, 0.3) is 0 Å². The molecule has 1 rings (SSSR count). The summed E-state index contributed by atoms with van der Waals surface area (Å²) in [7, 11) is 1.51. The lowest BCUT2D eigenvalue weighted by Crippen LogP contribution is -2.38. The van der Waals surface area contributed by atoms with Gasteiger partial charge in [0.25, 0.3) is 0 Å². The van der Waals surface area contributed by atoms with Crippen LogP contribution >= 0.6 is 0 Å². The van der Waals surface area contributed by atoms with E-state index in [1.54, 1.807) is 33.0 Å². The van der Waals surface area contributed by atoms with Crippen LogP contribution in [0.15, 0.2) is 18.3 Å². The second-order valence-electron chi connectivity index (χ2n) is 5.55. The molecule has 0 aromatic carbocycles. The Kier molecular flexibility index (Phi) is 5.07. The highest BCUT2D eigenvalue weighted by atomic mass is 16.6. The number of aryl methyl sites for hydroxylation is 1. The number of anilines is 1. The molecule has 0 saturated heterocycles. The number of aromatic nitrogens is 1. The molecule has 2 amide bonds. The van der Waals surface area contributed by atoms with Crippen LogP contribution in [-0.4, -0.2) is 41.1 Å². The average molecular weight is 279 g/mol. The van der Waals surface area contributed by atoms with Gasteiger partial charge in [0, 0.05) is 13.2 Å². The third-order valence-corrected chi connectivity index (χ3v) is 2.35. The maximum absolute atomic E-state index is 11.8. The minimum Gasteiger partial charge on any atom is -0.444 e. The van der Waals surface area contributed by atoms with Crippen molar-refractivity contribution >= 4 is 17.8 Å². The molecule has 110 valence electrons. The third kappa shape index (κ3) is 5.26. The number of hydrogen-bond donors (Lipinski definition) is 1. The normalized spacial score (nSPS) is 10.8. The largest absolute Gasteiger partial charge is 0.444 e. The van der Waals surface area contributed by atoms with Crippen molar-refractivity contribution in [3.63, 3.8) is 0 Å². The highest BCUT2D eigenvalue weighted by Crippen LogP contribution is 2.10. The number of carbonyl (C=O) groups excluding carboxylic acids is 2. The Morgan fingerprint density at radius 2 is 2.05 bits per heavy atom. The lowest BCUT2D eigenvalue weighted by molar-refractivity contribution is -0.117. The summed E-state index contributed by atoms with van der Waals surface area (Å²) in [5, 5.41) is 2.66. The Labute approximate surface area is 119 Å². The smallest absolute Gasteiger partial charge is 0.410 e. The van der Waals surface area contributed by atoms with Crippen molar-refractivity contribution < 1.29 is 14.3 Å². The molecule has 0 saturated carbocycles. The van der Waals surface area contributed by atoms with E-state index in [9.17, 15) is 9.59 Å². The molecule has 0 radical (unpaired) electrons. The monoisotopic (exact) mass is 279 g/mol. The predicted molar refractivity (Wildman–Crippen MR) is 76.5 cm³/mol. The van der Waals surface area contributed by atoms with E-state index in [4.69, 9.17) is 4.74 Å². The van der Waals surface area contributed by atoms with Crippen LogP contribution in [-0.2, 0) is 9.53 Å². The van der Waals surface area contributed by atoms with Gasteiger partial charge < -0.3 is 15.0 Å². The number of amides is 2. The number of nitrogens with zero attached hydrogens (tertiary/aromatic N) is 2. The number of pyridine rings is 1. The van der Waals surface area contributed by atoms with Gasteiger partial charge in [-0.1, -0.05) is 6.07 Å². The van der Waals surface area contributed by atoms with Crippen molar-refractivity contribution in [3.8, 4) is 0 Å². The van der Waals surface area contributed by atoms with Gasteiger partial charge >= 0.3 is 6.09 Å². The number of ether oxygens (including phenoxy) is 1. The molecule has 0 unspecified atom stereocenters. The lowest BCUT2D eigenvalue weighted by atomic mass is 10.2. The summed E-state index contributed by atoms with van der Waals surface area (Å²) in [4.78, 5) is 28.9. The van der Waals surface area contributed by atoms with Gasteiger partial charge in [0.15, 0.2) is 0 Å². The first-order valence-electron chi connectivity index (χ1n) is 6.34. The van der Waals surface area contributed by atoms with E-state index in [1.807, 2.05) is 13.0 Å². The van der Waals surface area contributed by atoms with E-state index in [-0.39, 0.29) is 12.5 Å². The Balaban J connectivity index is 2.54. The van der Waals surface area contributed by atoms with E-state index in [0.29, 0.717) is 5.82 Å². The maximum atomic E-state index is 11.8. The molecule has 0 aliphatic carbocycles. The van der Waals surface area contributed by atoms with E-state index in [0.717, 1.165) is 5.56 Å². The molecule has 6 heteroatoms. The summed E-state index contributed by atoms with van der Waals surface area (Å²) in [5.74, 6) is 0.176. The second kappa shape index (κ2) is 6.36. The molecular weight excluding hydrogens is 258 g/mol. The number of hydrogen-bond acceptors (Lipinski definition) is 4. The number of carbonyl (C=O) groups is 2. The van der Waals surface area contributed by atoms with Gasteiger partial charge in [0.05, 0.1) is 0 Å². The fourth-order valence-corrected chi connectivity index (χ4v) is 1.41. The number of nitrogens with one attached hydrogen (secondary N) is 1. The highest BCUT2D eigenvalue weighted by molar-refractivity contribution is 5.93. The summed E-state index contributed by atoms with van der Waals surface area (Å²) in [6.07, 6.45) is 1.06. The zero-order chi connectivity index (χ0) is 15.3. The average Bonchev–Trinajstić information content (AvgIpc) is 2.29. The zero-order valence-electron chi connectivity index (χ0n) is 12.6. The molecular formula is C14H21N3O3. The maximum Gasteiger partial charge on any atom is 0.410 e. The summed E-state index contributed by atoms with van der Waals surface area (Å²) in [5.41, 5.74) is 0.278. The van der Waals surface area contributed by atoms with Gasteiger partial charge in [-0.05, 0) is 39.3 Å². The van der Waals surface area contributed by atoms with Crippen LogP contribution in [0.3, 0.4) is 0 Å². The second-order valence-corrected chi connectivity index (χ2v) is 5.55. The Morgan fingerprint density at radius 1 is 1.40 bits per heavy atom. The highest BCUT2D eigenvalue weighted by Gasteiger charge is 2.21. The summed E-state index contributed by atoms with van der Waals surface area (Å²) in [6.45, 7) is 7.08. The van der Waals surface area contributed by atoms with Crippen molar-refractivity contribution in [2.75, 3.05) is 18.9 Å². The standard InChI is InChI=1S/C14H21N3O3/c1-10-7-6-8-15-12(10)16-11(18)9-17(5)13(19)20-14(2,3)4/h6-8H,9H2,1-5H3,(H,15,16,18). The van der Waals surface area contributed by atoms with Crippen molar-refractivity contribution in [1.82, 2.24) is 9.88 Å². The Morgan fingerprint density at radius 3 is 2.60 bits per heavy atom. The molecule has 0 spiro atoms. The van der Waals surface area contributed by atoms with Gasteiger partial charge in [-0.2, -0.15) is 0 Å². The van der Waals surface area contributed by atoms with Crippen molar-refractivity contribution in [2.24, 2.45) is 0 Å². The van der Waals surface area contributed by atoms with Crippen LogP contribution in [0.4, 0.5) is 10.6 Å². The van der Waals surface area contributed by atoms with Crippen molar-refractivity contribution in [3.05, 3.63) is 23.9 Å². The molecule has 1 aromatic heterocycles. The topological polar surface area (TPSA) is 71.5 Å². The Hall–Kier alpha value is -2.11. The molecule has 0 atom stereocenters. The predicted octanol–water partition coefficient (Wildman–Crippen LogP) is 2.20. The van der Waals surface area contributed by atoms with Crippen LogP contribution in [0.5, 0.6) is 0 Å². The first kappa shape index (κ1) is 15.9. The first-order chi connectivity index (χ1) is 9.19. The van der Waals surface area contributed by atoms with Gasteiger partial charge in [0.2, 0.25) is 5.91 Å². The minimum absolute atomic E-state index is 0.0923. The summed E-state index contributed by atoms with van der Waals surface area (Å²) in [6, 6.07) is 3.64. The molecule has 1 aromatic rings. The molecule has 6 nitrogen and oxygen atoms in total. The zero-order valence-corrected chi connectivity index (χ0v) is 12.6. The third-order valence-electron chi connectivity index (χ3n) is 2.35. The van der Waals surface area contributed by atoms with Crippen molar-refractivity contribution in [1.29, 1.82) is 0 Å². The summed E-state index contributed by atoms with van der Waals surface area (Å²) >= 11 is 0. The lowest BCUT2D eigenvalue weighted by Gasteiger charge is -2.24. The number of rotatable bonds is 3. The number of likely N-dealkylation sites (N-methyl/N-ethyl adjacent to an activating group) is 1.